The first kappa shape index (κ1) is 18.2. The highest BCUT2D eigenvalue weighted by Gasteiger charge is 2.23. The average Bonchev–Trinajstić information content (AvgIpc) is 2.55. The minimum Gasteiger partial charge on any atom is -0.460 e. The van der Waals surface area contributed by atoms with Gasteiger partial charge in [0.2, 0.25) is 0 Å². The third-order valence-corrected chi connectivity index (χ3v) is 3.70. The van der Waals surface area contributed by atoms with Crippen LogP contribution in [0.4, 0.5) is 0 Å². The number of carbonyl (C=O) groups is 1. The number of benzene rings is 2. The number of carbonyl (C=O) groups excluding carboxylic acids is 1. The fraction of sp³-hybridized carbons (Fsp3) is 0.381. The van der Waals surface area contributed by atoms with Crippen LogP contribution in [0.15, 0.2) is 60.7 Å². The first-order valence-electron chi connectivity index (χ1n) is 8.43. The van der Waals surface area contributed by atoms with E-state index in [1.165, 1.54) is 11.1 Å². The molecule has 1 N–H and O–H groups in total. The largest absolute Gasteiger partial charge is 0.460 e. The van der Waals surface area contributed by atoms with Crippen LogP contribution in [0.1, 0.15) is 44.9 Å². The molecule has 1 unspecified atom stereocenters. The van der Waals surface area contributed by atoms with Gasteiger partial charge in [0.25, 0.3) is 0 Å². The fourth-order valence-corrected chi connectivity index (χ4v) is 2.50. The third-order valence-electron chi connectivity index (χ3n) is 3.70. The van der Waals surface area contributed by atoms with Crippen LogP contribution in [-0.2, 0) is 9.53 Å². The Morgan fingerprint density at radius 1 is 0.958 bits per heavy atom. The molecular formula is C21H27NO2. The van der Waals surface area contributed by atoms with E-state index in [1.54, 1.807) is 0 Å². The van der Waals surface area contributed by atoms with E-state index in [0.29, 0.717) is 6.54 Å². The lowest BCUT2D eigenvalue weighted by Crippen LogP contribution is -2.34. The maximum absolute atomic E-state index is 12.2. The predicted molar refractivity (Wildman–Crippen MR) is 97.7 cm³/mol. The van der Waals surface area contributed by atoms with Crippen molar-refractivity contribution in [2.45, 2.75) is 39.3 Å². The van der Waals surface area contributed by atoms with E-state index < -0.39 is 5.60 Å². The number of hydrogen-bond acceptors (Lipinski definition) is 3. The predicted octanol–water partition coefficient (Wildman–Crippen LogP) is 4.34. The van der Waals surface area contributed by atoms with E-state index in [-0.39, 0.29) is 17.9 Å². The van der Waals surface area contributed by atoms with Gasteiger partial charge in [-0.25, -0.2) is 0 Å². The zero-order chi connectivity index (χ0) is 17.6. The topological polar surface area (TPSA) is 38.3 Å². The molecule has 1 atom stereocenters. The number of ether oxygens (including phenoxy) is 1. The van der Waals surface area contributed by atoms with Gasteiger partial charge in [0.1, 0.15) is 5.60 Å². The molecule has 0 saturated heterocycles. The lowest BCUT2D eigenvalue weighted by atomic mass is 9.98. The van der Waals surface area contributed by atoms with Crippen molar-refractivity contribution in [2.24, 2.45) is 5.92 Å². The molecule has 2 aromatic rings. The summed E-state index contributed by atoms with van der Waals surface area (Å²) in [6.45, 7) is 8.13. The Hall–Kier alpha value is -2.13. The first-order chi connectivity index (χ1) is 11.4. The molecule has 0 bridgehead atoms. The highest BCUT2D eigenvalue weighted by atomic mass is 16.6. The molecule has 0 radical (unpaired) electrons. The Balaban J connectivity index is 2.08. The van der Waals surface area contributed by atoms with Crippen molar-refractivity contribution in [1.82, 2.24) is 5.32 Å². The molecule has 0 saturated carbocycles. The van der Waals surface area contributed by atoms with E-state index in [0.717, 1.165) is 0 Å². The molecule has 2 rings (SSSR count). The van der Waals surface area contributed by atoms with Crippen LogP contribution in [0.5, 0.6) is 0 Å². The maximum Gasteiger partial charge on any atom is 0.310 e. The van der Waals surface area contributed by atoms with Crippen molar-refractivity contribution in [3.8, 4) is 0 Å². The van der Waals surface area contributed by atoms with Gasteiger partial charge in [-0.2, -0.15) is 0 Å². The second kappa shape index (κ2) is 8.11. The van der Waals surface area contributed by atoms with E-state index in [9.17, 15) is 4.79 Å². The SMILES string of the molecule is CC(CNC(c1ccccc1)c1ccccc1)C(=O)OC(C)(C)C. The summed E-state index contributed by atoms with van der Waals surface area (Å²) in [4.78, 5) is 12.2. The van der Waals surface area contributed by atoms with Gasteiger partial charge in [-0.1, -0.05) is 67.6 Å². The summed E-state index contributed by atoms with van der Waals surface area (Å²) < 4.78 is 5.46. The zero-order valence-corrected chi connectivity index (χ0v) is 15.0. The normalized spacial score (nSPS) is 12.9. The summed E-state index contributed by atoms with van der Waals surface area (Å²) in [6.07, 6.45) is 0. The first-order valence-corrected chi connectivity index (χ1v) is 8.43. The third kappa shape index (κ3) is 5.50. The monoisotopic (exact) mass is 325 g/mol. The van der Waals surface area contributed by atoms with Crippen molar-refractivity contribution in [2.75, 3.05) is 6.54 Å². The van der Waals surface area contributed by atoms with E-state index in [2.05, 4.69) is 29.6 Å². The molecule has 0 aliphatic heterocycles. The van der Waals surface area contributed by atoms with Crippen LogP contribution >= 0.6 is 0 Å². The molecule has 3 heteroatoms. The van der Waals surface area contributed by atoms with Crippen LogP contribution in [0.3, 0.4) is 0 Å². The van der Waals surface area contributed by atoms with Crippen molar-refractivity contribution >= 4 is 5.97 Å². The number of nitrogens with one attached hydrogen (secondary N) is 1. The molecular weight excluding hydrogens is 298 g/mol. The van der Waals surface area contributed by atoms with Crippen molar-refractivity contribution in [3.05, 3.63) is 71.8 Å². The molecule has 0 spiro atoms. The second-order valence-corrected chi connectivity index (χ2v) is 7.10. The molecule has 0 fully saturated rings. The standard InChI is InChI=1S/C21H27NO2/c1-16(20(23)24-21(2,3)4)15-22-19(17-11-7-5-8-12-17)18-13-9-6-10-14-18/h5-14,16,19,22H,15H2,1-4H3. The van der Waals surface area contributed by atoms with Crippen LogP contribution in [0.2, 0.25) is 0 Å². The average molecular weight is 325 g/mol. The molecule has 0 aliphatic rings. The van der Waals surface area contributed by atoms with Gasteiger partial charge in [-0.15, -0.1) is 0 Å². The van der Waals surface area contributed by atoms with Crippen LogP contribution in [0, 0.1) is 5.92 Å². The quantitative estimate of drug-likeness (QED) is 0.803. The number of esters is 1. The molecule has 3 nitrogen and oxygen atoms in total. The Morgan fingerprint density at radius 3 is 1.83 bits per heavy atom. The molecule has 0 heterocycles. The lowest BCUT2D eigenvalue weighted by molar-refractivity contribution is -0.159. The zero-order valence-electron chi connectivity index (χ0n) is 15.0. The van der Waals surface area contributed by atoms with E-state index in [4.69, 9.17) is 4.74 Å². The van der Waals surface area contributed by atoms with E-state index >= 15 is 0 Å². The smallest absolute Gasteiger partial charge is 0.310 e. The van der Waals surface area contributed by atoms with Crippen molar-refractivity contribution in [1.29, 1.82) is 0 Å². The second-order valence-electron chi connectivity index (χ2n) is 7.10. The summed E-state index contributed by atoms with van der Waals surface area (Å²) in [5.41, 5.74) is 1.91. The Labute approximate surface area is 145 Å². The summed E-state index contributed by atoms with van der Waals surface area (Å²) in [6, 6.07) is 20.6. The molecule has 24 heavy (non-hydrogen) atoms. The molecule has 2 aromatic carbocycles. The molecule has 0 amide bonds. The number of hydrogen-bond donors (Lipinski definition) is 1. The lowest BCUT2D eigenvalue weighted by Gasteiger charge is -2.25. The maximum atomic E-state index is 12.2. The molecule has 0 aromatic heterocycles. The fourth-order valence-electron chi connectivity index (χ4n) is 2.50. The molecule has 128 valence electrons. The van der Waals surface area contributed by atoms with E-state index in [1.807, 2.05) is 64.1 Å². The Bertz CT molecular complexity index is 592. The molecule has 0 aliphatic carbocycles. The summed E-state index contributed by atoms with van der Waals surface area (Å²) >= 11 is 0. The Morgan fingerprint density at radius 2 is 1.42 bits per heavy atom. The van der Waals surface area contributed by atoms with Gasteiger partial charge in [-0.05, 0) is 31.9 Å². The van der Waals surface area contributed by atoms with Gasteiger partial charge in [0.15, 0.2) is 0 Å². The highest BCUT2D eigenvalue weighted by Crippen LogP contribution is 2.22. The van der Waals surface area contributed by atoms with Crippen LogP contribution < -0.4 is 5.32 Å². The number of rotatable bonds is 6. The summed E-state index contributed by atoms with van der Waals surface area (Å²) in [5.74, 6) is -0.381. The van der Waals surface area contributed by atoms with Gasteiger partial charge in [-0.3, -0.25) is 4.79 Å². The van der Waals surface area contributed by atoms with Gasteiger partial charge in [0, 0.05) is 6.54 Å². The van der Waals surface area contributed by atoms with Crippen LogP contribution in [0.25, 0.3) is 0 Å². The van der Waals surface area contributed by atoms with Gasteiger partial charge >= 0.3 is 5.97 Å². The summed E-state index contributed by atoms with van der Waals surface area (Å²) in [7, 11) is 0. The van der Waals surface area contributed by atoms with Crippen LogP contribution in [-0.4, -0.2) is 18.1 Å². The minimum atomic E-state index is -0.455. The summed E-state index contributed by atoms with van der Waals surface area (Å²) in [5, 5.41) is 3.52. The van der Waals surface area contributed by atoms with Gasteiger partial charge < -0.3 is 10.1 Å². The Kier molecular flexibility index (Phi) is 6.16. The highest BCUT2D eigenvalue weighted by molar-refractivity contribution is 5.72. The van der Waals surface area contributed by atoms with Crippen molar-refractivity contribution in [3.63, 3.8) is 0 Å². The van der Waals surface area contributed by atoms with Crippen molar-refractivity contribution < 1.29 is 9.53 Å². The van der Waals surface area contributed by atoms with Gasteiger partial charge in [0.05, 0.1) is 12.0 Å². The minimum absolute atomic E-state index is 0.0530.